The molecule has 0 aliphatic heterocycles. The van der Waals surface area contributed by atoms with Crippen molar-refractivity contribution in [3.05, 3.63) is 48.0 Å². The van der Waals surface area contributed by atoms with Gasteiger partial charge in [0.25, 0.3) is 0 Å². The number of hydrogen-bond donors (Lipinski definition) is 5. The lowest BCUT2D eigenvalue weighted by atomic mass is 9.96. The minimum Gasteiger partial charge on any atom is -0.444 e. The van der Waals surface area contributed by atoms with Gasteiger partial charge in [-0.25, -0.2) is 4.79 Å². The zero-order valence-corrected chi connectivity index (χ0v) is 29.7. The molecule has 1 unspecified atom stereocenters. The quantitative estimate of drug-likeness (QED) is 0.146. The average molecular weight is 655 g/mol. The van der Waals surface area contributed by atoms with Gasteiger partial charge in [-0.05, 0) is 61.8 Å². The van der Waals surface area contributed by atoms with Crippen LogP contribution in [0.25, 0.3) is 10.8 Å². The molecule has 10 heteroatoms. The van der Waals surface area contributed by atoms with Gasteiger partial charge in [-0.3, -0.25) is 14.4 Å². The van der Waals surface area contributed by atoms with Crippen LogP contribution in [-0.4, -0.2) is 65.3 Å². The first-order valence-corrected chi connectivity index (χ1v) is 17.1. The number of aliphatic hydroxyl groups excluding tert-OH is 1. The zero-order chi connectivity index (χ0) is 35.1. The normalized spacial score (nSPS) is 14.9. The molecule has 0 aromatic heterocycles. The second-order valence-electron chi connectivity index (χ2n) is 14.1. The van der Waals surface area contributed by atoms with E-state index >= 15 is 0 Å². The number of ether oxygens (including phenoxy) is 1. The second kappa shape index (κ2) is 19.2. The smallest absolute Gasteiger partial charge is 0.408 e. The summed E-state index contributed by atoms with van der Waals surface area (Å²) in [7, 11) is 0. The summed E-state index contributed by atoms with van der Waals surface area (Å²) in [5.74, 6) is -0.798. The molecule has 0 aliphatic carbocycles. The molecule has 2 rings (SSSR count). The van der Waals surface area contributed by atoms with E-state index < -0.39 is 47.7 Å². The lowest BCUT2D eigenvalue weighted by Gasteiger charge is -2.29. The van der Waals surface area contributed by atoms with E-state index in [0.717, 1.165) is 29.2 Å². The maximum absolute atomic E-state index is 13.9. The minimum atomic E-state index is -1.10. The van der Waals surface area contributed by atoms with Gasteiger partial charge in [0.05, 0.1) is 18.6 Å². The molecule has 0 saturated heterocycles. The van der Waals surface area contributed by atoms with Gasteiger partial charge in [-0.2, -0.15) is 0 Å². The van der Waals surface area contributed by atoms with Crippen LogP contribution in [0, 0.1) is 11.8 Å². The standard InChI is InChI=1S/C37H58N4O6/c1-9-11-19-29(34(44)40-30(20-24(3)4)32(42)22-33(43)38-23-25(5)10-2)39-35(45)31(41-36(46)47-37(6,7)8)21-27-17-14-16-26-15-12-13-18-28(26)27/h12-18,24-25,29-32,42H,9-11,19-23H2,1-8H3,(H,38,43)(H,39,45)(H,40,44)(H,41,46)/t25?,29-,30-,31-,32-/m0/s1. The van der Waals surface area contributed by atoms with E-state index in [4.69, 9.17) is 4.74 Å². The average Bonchev–Trinajstić information content (AvgIpc) is 2.99. The molecule has 0 radical (unpaired) electrons. The van der Waals surface area contributed by atoms with Crippen LogP contribution in [-0.2, 0) is 25.5 Å². The fourth-order valence-corrected chi connectivity index (χ4v) is 5.24. The Morgan fingerprint density at radius 2 is 1.53 bits per heavy atom. The lowest BCUT2D eigenvalue weighted by molar-refractivity contribution is -0.131. The molecule has 2 aromatic rings. The Bertz CT molecular complexity index is 1300. The Balaban J connectivity index is 2.28. The van der Waals surface area contributed by atoms with E-state index in [1.54, 1.807) is 20.8 Å². The maximum atomic E-state index is 13.9. The minimum absolute atomic E-state index is 0.130. The van der Waals surface area contributed by atoms with E-state index in [-0.39, 0.29) is 24.7 Å². The first-order chi connectivity index (χ1) is 22.1. The number of benzene rings is 2. The molecule has 0 bridgehead atoms. The highest BCUT2D eigenvalue weighted by molar-refractivity contribution is 5.92. The first kappa shape index (κ1) is 39.5. The van der Waals surface area contributed by atoms with Gasteiger partial charge >= 0.3 is 6.09 Å². The van der Waals surface area contributed by atoms with Gasteiger partial charge in [-0.1, -0.05) is 96.3 Å². The number of carbonyl (C=O) groups excluding carboxylic acids is 4. The third-order valence-electron chi connectivity index (χ3n) is 8.05. The van der Waals surface area contributed by atoms with Crippen LogP contribution in [0.5, 0.6) is 0 Å². The molecular weight excluding hydrogens is 596 g/mol. The van der Waals surface area contributed by atoms with E-state index in [9.17, 15) is 24.3 Å². The molecule has 5 atom stereocenters. The summed E-state index contributed by atoms with van der Waals surface area (Å²) in [5.41, 5.74) is 0.0894. The lowest BCUT2D eigenvalue weighted by Crippen LogP contribution is -2.57. The van der Waals surface area contributed by atoms with E-state index in [1.807, 2.05) is 77.1 Å². The molecule has 0 spiro atoms. The van der Waals surface area contributed by atoms with Crippen molar-refractivity contribution in [3.8, 4) is 0 Å². The van der Waals surface area contributed by atoms with Gasteiger partial charge in [0.15, 0.2) is 0 Å². The van der Waals surface area contributed by atoms with Gasteiger partial charge in [-0.15, -0.1) is 0 Å². The molecule has 10 nitrogen and oxygen atoms in total. The van der Waals surface area contributed by atoms with Crippen LogP contribution >= 0.6 is 0 Å². The van der Waals surface area contributed by atoms with Crippen molar-refractivity contribution in [2.45, 2.75) is 130 Å². The van der Waals surface area contributed by atoms with Gasteiger partial charge in [0, 0.05) is 13.0 Å². The number of carbonyl (C=O) groups is 4. The molecule has 0 aliphatic rings. The van der Waals surface area contributed by atoms with Crippen LogP contribution in [0.2, 0.25) is 0 Å². The van der Waals surface area contributed by atoms with Crippen molar-refractivity contribution in [1.29, 1.82) is 0 Å². The molecule has 0 saturated carbocycles. The van der Waals surface area contributed by atoms with Crippen molar-refractivity contribution in [2.75, 3.05) is 6.54 Å². The Morgan fingerprint density at radius 3 is 2.17 bits per heavy atom. The Hall–Kier alpha value is -3.66. The third-order valence-corrected chi connectivity index (χ3v) is 8.05. The predicted molar refractivity (Wildman–Crippen MR) is 187 cm³/mol. The van der Waals surface area contributed by atoms with Crippen LogP contribution in [0.15, 0.2) is 42.5 Å². The first-order valence-electron chi connectivity index (χ1n) is 17.1. The summed E-state index contributed by atoms with van der Waals surface area (Å²) >= 11 is 0. The summed E-state index contributed by atoms with van der Waals surface area (Å²) in [5, 5.41) is 24.4. The topological polar surface area (TPSA) is 146 Å². The van der Waals surface area contributed by atoms with Crippen molar-refractivity contribution >= 4 is 34.6 Å². The largest absolute Gasteiger partial charge is 0.444 e. The highest BCUT2D eigenvalue weighted by Crippen LogP contribution is 2.21. The number of nitrogens with one attached hydrogen (secondary N) is 4. The molecule has 47 heavy (non-hydrogen) atoms. The SMILES string of the molecule is CCCC[C@H](NC(=O)[C@H](Cc1cccc2ccccc12)NC(=O)OC(C)(C)C)C(=O)N[C@@H](CC(C)C)[C@@H](O)CC(=O)NCC(C)CC. The van der Waals surface area contributed by atoms with Gasteiger partial charge < -0.3 is 31.1 Å². The van der Waals surface area contributed by atoms with Crippen molar-refractivity contribution in [1.82, 2.24) is 21.3 Å². The summed E-state index contributed by atoms with van der Waals surface area (Å²) in [6.07, 6.45) is 1.39. The Kier molecular flexibility index (Phi) is 16.2. The van der Waals surface area contributed by atoms with Gasteiger partial charge in [0.1, 0.15) is 17.7 Å². The summed E-state index contributed by atoms with van der Waals surface area (Å²) < 4.78 is 5.48. The zero-order valence-electron chi connectivity index (χ0n) is 29.7. The Labute approximate surface area is 281 Å². The summed E-state index contributed by atoms with van der Waals surface area (Å²) in [6, 6.07) is 11.0. The number of aliphatic hydroxyl groups is 1. The van der Waals surface area contributed by atoms with Crippen LogP contribution in [0.1, 0.15) is 99.5 Å². The number of unbranched alkanes of at least 4 members (excludes halogenated alkanes) is 1. The highest BCUT2D eigenvalue weighted by Gasteiger charge is 2.31. The highest BCUT2D eigenvalue weighted by atomic mass is 16.6. The van der Waals surface area contributed by atoms with Crippen LogP contribution in [0.4, 0.5) is 4.79 Å². The van der Waals surface area contributed by atoms with E-state index in [0.29, 0.717) is 31.7 Å². The summed E-state index contributed by atoms with van der Waals surface area (Å²) in [6.45, 7) is 15.8. The number of amides is 4. The molecule has 0 fully saturated rings. The van der Waals surface area contributed by atoms with Gasteiger partial charge in [0.2, 0.25) is 17.7 Å². The van der Waals surface area contributed by atoms with Crippen molar-refractivity contribution in [2.24, 2.45) is 11.8 Å². The Morgan fingerprint density at radius 1 is 0.872 bits per heavy atom. The maximum Gasteiger partial charge on any atom is 0.408 e. The van der Waals surface area contributed by atoms with Crippen molar-refractivity contribution in [3.63, 3.8) is 0 Å². The van der Waals surface area contributed by atoms with Crippen LogP contribution in [0.3, 0.4) is 0 Å². The molecule has 4 amide bonds. The number of fused-ring (bicyclic) bond motifs is 1. The van der Waals surface area contributed by atoms with Crippen molar-refractivity contribution < 1.29 is 29.0 Å². The predicted octanol–water partition coefficient (Wildman–Crippen LogP) is 5.39. The van der Waals surface area contributed by atoms with E-state index in [1.165, 1.54) is 0 Å². The molecular formula is C37H58N4O6. The number of hydrogen-bond acceptors (Lipinski definition) is 6. The monoisotopic (exact) mass is 654 g/mol. The van der Waals surface area contributed by atoms with Crippen LogP contribution < -0.4 is 21.3 Å². The third kappa shape index (κ3) is 14.3. The fraction of sp³-hybridized carbons (Fsp3) is 0.622. The molecule has 2 aromatic carbocycles. The van der Waals surface area contributed by atoms with E-state index in [2.05, 4.69) is 21.3 Å². The molecule has 5 N–H and O–H groups in total. The molecule has 262 valence electrons. The summed E-state index contributed by atoms with van der Waals surface area (Å²) in [4.78, 5) is 53.1. The fourth-order valence-electron chi connectivity index (χ4n) is 5.24. The second-order valence-corrected chi connectivity index (χ2v) is 14.1. The number of alkyl carbamates (subject to hydrolysis) is 1. The molecule has 0 heterocycles. The number of rotatable bonds is 18.